The Morgan fingerprint density at radius 1 is 1.30 bits per heavy atom. The van der Waals surface area contributed by atoms with E-state index in [1.165, 1.54) is 28.2 Å². The lowest BCUT2D eigenvalue weighted by Gasteiger charge is -2.01. The fourth-order valence-corrected chi connectivity index (χ4v) is 4.40. The molecular weight excluding hydrogens is 396 g/mol. The third kappa shape index (κ3) is 3.04. The molecule has 2 aromatic heterocycles. The maximum atomic E-state index is 12.2. The molecule has 23 heavy (non-hydrogen) atoms. The lowest BCUT2D eigenvalue weighted by molar-refractivity contribution is 0.103. The molecule has 1 amide bonds. The number of thiazole rings is 1. The van der Waals surface area contributed by atoms with Crippen molar-refractivity contribution in [3.63, 3.8) is 0 Å². The maximum absolute atomic E-state index is 12.2. The van der Waals surface area contributed by atoms with E-state index in [2.05, 4.69) is 32.3 Å². The van der Waals surface area contributed by atoms with Crippen LogP contribution in [0, 0.1) is 0 Å². The molecule has 0 saturated carbocycles. The van der Waals surface area contributed by atoms with Crippen LogP contribution >= 0.6 is 38.6 Å². The second-order valence-electron chi connectivity index (χ2n) is 5.02. The second-order valence-corrected chi connectivity index (χ2v) is 8.34. The van der Waals surface area contributed by atoms with Crippen molar-refractivity contribution < 1.29 is 9.53 Å². The van der Waals surface area contributed by atoms with Crippen LogP contribution in [-0.2, 0) is 6.42 Å². The molecule has 1 aromatic carbocycles. The van der Waals surface area contributed by atoms with Gasteiger partial charge in [-0.25, -0.2) is 4.98 Å². The highest BCUT2D eigenvalue weighted by Gasteiger charge is 2.15. The van der Waals surface area contributed by atoms with Gasteiger partial charge in [-0.2, -0.15) is 0 Å². The predicted octanol–water partition coefficient (Wildman–Crippen LogP) is 4.82. The van der Waals surface area contributed by atoms with Crippen LogP contribution in [0.4, 0.5) is 5.13 Å². The second kappa shape index (κ2) is 6.07. The summed E-state index contributed by atoms with van der Waals surface area (Å²) in [4.78, 5) is 17.3. The molecule has 3 heterocycles. The summed E-state index contributed by atoms with van der Waals surface area (Å²) >= 11 is 6.19. The molecule has 4 rings (SSSR count). The van der Waals surface area contributed by atoms with E-state index in [1.54, 1.807) is 6.07 Å². The van der Waals surface area contributed by atoms with Gasteiger partial charge in [0.2, 0.25) is 0 Å². The van der Waals surface area contributed by atoms with Crippen molar-refractivity contribution in [1.82, 2.24) is 4.98 Å². The summed E-state index contributed by atoms with van der Waals surface area (Å²) in [7, 11) is 0. The van der Waals surface area contributed by atoms with Crippen LogP contribution in [0.15, 0.2) is 39.5 Å². The van der Waals surface area contributed by atoms with E-state index in [4.69, 9.17) is 4.74 Å². The number of hydrogen-bond acceptors (Lipinski definition) is 5. The maximum Gasteiger partial charge on any atom is 0.267 e. The first-order valence-corrected chi connectivity index (χ1v) is 9.46. The van der Waals surface area contributed by atoms with Gasteiger partial charge in [-0.15, -0.1) is 22.7 Å². The summed E-state index contributed by atoms with van der Waals surface area (Å²) in [6, 6.07) is 9.75. The zero-order valence-electron chi connectivity index (χ0n) is 11.8. The highest BCUT2D eigenvalue weighted by atomic mass is 79.9. The van der Waals surface area contributed by atoms with Gasteiger partial charge in [0.05, 0.1) is 21.0 Å². The molecule has 1 aliphatic heterocycles. The molecule has 116 valence electrons. The monoisotopic (exact) mass is 406 g/mol. The number of fused-ring (bicyclic) bond motifs is 1. The number of nitrogens with one attached hydrogen (secondary N) is 1. The topological polar surface area (TPSA) is 51.2 Å². The van der Waals surface area contributed by atoms with Crippen molar-refractivity contribution >= 4 is 49.6 Å². The molecule has 0 radical (unpaired) electrons. The number of carbonyl (C=O) groups is 1. The van der Waals surface area contributed by atoms with E-state index in [0.717, 1.165) is 33.8 Å². The number of nitrogens with zero attached hydrogens (tertiary/aromatic N) is 1. The molecule has 0 fully saturated rings. The Hall–Kier alpha value is -1.70. The molecule has 4 nitrogen and oxygen atoms in total. The first-order valence-electron chi connectivity index (χ1n) is 6.97. The molecular formula is C16H11BrN2O2S2. The van der Waals surface area contributed by atoms with Crippen LogP contribution in [0.2, 0.25) is 0 Å². The number of thiophene rings is 1. The quantitative estimate of drug-likeness (QED) is 0.677. The smallest absolute Gasteiger partial charge is 0.267 e. The van der Waals surface area contributed by atoms with Crippen molar-refractivity contribution in [2.24, 2.45) is 0 Å². The molecule has 0 spiro atoms. The first kappa shape index (κ1) is 14.9. The number of rotatable bonds is 3. The number of aromatic nitrogens is 1. The van der Waals surface area contributed by atoms with Crippen LogP contribution in [-0.4, -0.2) is 17.5 Å². The minimum absolute atomic E-state index is 0.135. The average molecular weight is 407 g/mol. The summed E-state index contributed by atoms with van der Waals surface area (Å²) in [5, 5.41) is 5.41. The number of anilines is 1. The standard InChI is InChI=1S/C16H11BrN2O2S2/c17-14-4-3-13(23-14)15(20)19-16-18-11(8-22-16)9-1-2-12-10(7-9)5-6-21-12/h1-4,7-8H,5-6H2,(H,18,19,20). The number of hydrogen-bond donors (Lipinski definition) is 1. The summed E-state index contributed by atoms with van der Waals surface area (Å²) in [5.74, 6) is 0.824. The zero-order valence-corrected chi connectivity index (χ0v) is 15.1. The van der Waals surface area contributed by atoms with E-state index in [9.17, 15) is 4.79 Å². The predicted molar refractivity (Wildman–Crippen MR) is 96.7 cm³/mol. The number of benzene rings is 1. The largest absolute Gasteiger partial charge is 0.493 e. The summed E-state index contributed by atoms with van der Waals surface area (Å²) in [6.45, 7) is 0.744. The van der Waals surface area contributed by atoms with Gasteiger partial charge in [0.15, 0.2) is 5.13 Å². The number of carbonyl (C=O) groups excluding carboxylic acids is 1. The fraction of sp³-hybridized carbons (Fsp3) is 0.125. The molecule has 1 N–H and O–H groups in total. The number of amides is 1. The summed E-state index contributed by atoms with van der Waals surface area (Å²) in [6.07, 6.45) is 0.935. The third-order valence-electron chi connectivity index (χ3n) is 3.51. The van der Waals surface area contributed by atoms with Crippen LogP contribution in [0.25, 0.3) is 11.3 Å². The Labute approximate surface area is 149 Å². The molecule has 7 heteroatoms. The van der Waals surface area contributed by atoms with Gasteiger partial charge in [0.1, 0.15) is 5.75 Å². The average Bonchev–Trinajstić information content (AvgIpc) is 3.26. The van der Waals surface area contributed by atoms with Gasteiger partial charge in [0.25, 0.3) is 5.91 Å². The Bertz CT molecular complexity index is 888. The van der Waals surface area contributed by atoms with Crippen LogP contribution in [0.1, 0.15) is 15.2 Å². The van der Waals surface area contributed by atoms with Crippen molar-refractivity contribution in [2.75, 3.05) is 11.9 Å². The Morgan fingerprint density at radius 2 is 2.22 bits per heavy atom. The molecule has 0 saturated heterocycles. The third-order valence-corrected chi connectivity index (χ3v) is 5.89. The fourth-order valence-electron chi connectivity index (χ4n) is 2.40. The van der Waals surface area contributed by atoms with E-state index < -0.39 is 0 Å². The van der Waals surface area contributed by atoms with Crippen LogP contribution in [0.5, 0.6) is 5.75 Å². The van der Waals surface area contributed by atoms with Gasteiger partial charge < -0.3 is 4.74 Å². The van der Waals surface area contributed by atoms with Crippen molar-refractivity contribution in [1.29, 1.82) is 0 Å². The zero-order chi connectivity index (χ0) is 15.8. The number of ether oxygens (including phenoxy) is 1. The van der Waals surface area contributed by atoms with E-state index in [1.807, 2.05) is 23.6 Å². The van der Waals surface area contributed by atoms with Crippen molar-refractivity contribution in [3.05, 3.63) is 49.9 Å². The normalized spacial score (nSPS) is 12.7. The molecule has 3 aromatic rings. The lowest BCUT2D eigenvalue weighted by atomic mass is 10.1. The van der Waals surface area contributed by atoms with Gasteiger partial charge in [-0.05, 0) is 51.8 Å². The van der Waals surface area contributed by atoms with Gasteiger partial charge in [-0.3, -0.25) is 10.1 Å². The Morgan fingerprint density at radius 3 is 3.04 bits per heavy atom. The summed E-state index contributed by atoms with van der Waals surface area (Å²) < 4.78 is 6.45. The highest BCUT2D eigenvalue weighted by Crippen LogP contribution is 2.32. The van der Waals surface area contributed by atoms with E-state index in [-0.39, 0.29) is 5.91 Å². The Kier molecular flexibility index (Phi) is 3.92. The minimum atomic E-state index is -0.135. The molecule has 1 aliphatic rings. The summed E-state index contributed by atoms with van der Waals surface area (Å²) in [5.41, 5.74) is 3.13. The van der Waals surface area contributed by atoms with Crippen molar-refractivity contribution in [2.45, 2.75) is 6.42 Å². The molecule has 0 atom stereocenters. The van der Waals surface area contributed by atoms with E-state index in [0.29, 0.717) is 10.0 Å². The van der Waals surface area contributed by atoms with Gasteiger partial charge >= 0.3 is 0 Å². The van der Waals surface area contributed by atoms with Gasteiger partial charge in [0, 0.05) is 17.4 Å². The van der Waals surface area contributed by atoms with Crippen molar-refractivity contribution in [3.8, 4) is 17.0 Å². The van der Waals surface area contributed by atoms with E-state index >= 15 is 0 Å². The molecule has 0 aliphatic carbocycles. The van der Waals surface area contributed by atoms with Crippen LogP contribution < -0.4 is 10.1 Å². The molecule has 0 bridgehead atoms. The Balaban J connectivity index is 1.54. The van der Waals surface area contributed by atoms with Crippen LogP contribution in [0.3, 0.4) is 0 Å². The lowest BCUT2D eigenvalue weighted by Crippen LogP contribution is -2.09. The number of halogens is 1. The highest BCUT2D eigenvalue weighted by molar-refractivity contribution is 9.11. The first-order chi connectivity index (χ1) is 11.2. The molecule has 0 unspecified atom stereocenters. The minimum Gasteiger partial charge on any atom is -0.493 e. The van der Waals surface area contributed by atoms with Gasteiger partial charge in [-0.1, -0.05) is 0 Å². The SMILES string of the molecule is O=C(Nc1nc(-c2ccc3c(c2)CCO3)cs1)c1ccc(Br)s1.